The summed E-state index contributed by atoms with van der Waals surface area (Å²) in [7, 11) is 0. The van der Waals surface area contributed by atoms with Gasteiger partial charge in [-0.15, -0.1) is 6.42 Å². The molecule has 0 N–H and O–H groups in total. The lowest BCUT2D eigenvalue weighted by Gasteiger charge is -2.02. The minimum absolute atomic E-state index is 0.147. The first-order chi connectivity index (χ1) is 5.74. The van der Waals surface area contributed by atoms with Gasteiger partial charge in [0.1, 0.15) is 5.02 Å². The molecule has 1 rings (SSSR count). The number of ether oxygens (including phenoxy) is 1. The molecule has 0 aromatic carbocycles. The average Bonchev–Trinajstić information content (AvgIpc) is 2.03. The second-order valence-electron chi connectivity index (χ2n) is 1.93. The maximum atomic E-state index is 5.72. The van der Waals surface area contributed by atoms with E-state index in [1.165, 1.54) is 6.20 Å². The molecule has 4 heteroatoms. The first kappa shape index (κ1) is 9.18. The van der Waals surface area contributed by atoms with Crippen LogP contribution in [0.1, 0.15) is 0 Å². The molecule has 1 aromatic heterocycles. The van der Waals surface area contributed by atoms with Gasteiger partial charge in [0.05, 0.1) is 5.02 Å². The normalized spacial score (nSPS) is 9.08. The molecule has 0 aliphatic carbocycles. The Bertz CT molecular complexity index is 319. The number of hydrogen-bond acceptors (Lipinski definition) is 2. The van der Waals surface area contributed by atoms with E-state index in [0.29, 0.717) is 15.9 Å². The van der Waals surface area contributed by atoms with E-state index in [4.69, 9.17) is 34.4 Å². The van der Waals surface area contributed by atoms with Crippen LogP contribution in [0.4, 0.5) is 0 Å². The Labute approximate surface area is 80.5 Å². The molecule has 1 aromatic rings. The smallest absolute Gasteiger partial charge is 0.233 e. The molecule has 0 aliphatic heterocycles. The van der Waals surface area contributed by atoms with E-state index < -0.39 is 0 Å². The van der Waals surface area contributed by atoms with E-state index in [1.807, 2.05) is 0 Å². The summed E-state index contributed by atoms with van der Waals surface area (Å²) < 4.78 is 5.00. The molecule has 0 atom stereocenters. The zero-order valence-corrected chi connectivity index (χ0v) is 7.56. The van der Waals surface area contributed by atoms with Gasteiger partial charge in [0, 0.05) is 6.20 Å². The van der Waals surface area contributed by atoms with Crippen molar-refractivity contribution in [3.63, 3.8) is 0 Å². The third-order valence-electron chi connectivity index (χ3n) is 1.07. The Morgan fingerprint density at radius 2 is 2.33 bits per heavy atom. The number of hydrogen-bond donors (Lipinski definition) is 0. The fourth-order valence-electron chi connectivity index (χ4n) is 0.618. The molecule has 0 bridgehead atoms. The molecule has 0 aliphatic rings. The van der Waals surface area contributed by atoms with E-state index >= 15 is 0 Å². The van der Waals surface area contributed by atoms with Crippen molar-refractivity contribution in [1.82, 2.24) is 4.98 Å². The Balaban J connectivity index is 2.81. The molecule has 0 saturated carbocycles. The summed E-state index contributed by atoms with van der Waals surface area (Å²) in [6, 6.07) is 1.54. The molecule has 0 fully saturated rings. The monoisotopic (exact) mass is 201 g/mol. The van der Waals surface area contributed by atoms with Crippen molar-refractivity contribution in [1.29, 1.82) is 0 Å². The third-order valence-corrected chi connectivity index (χ3v) is 1.54. The van der Waals surface area contributed by atoms with Crippen molar-refractivity contribution in [2.24, 2.45) is 0 Å². The predicted molar refractivity (Wildman–Crippen MR) is 48.6 cm³/mol. The molecule has 62 valence electrons. The van der Waals surface area contributed by atoms with Gasteiger partial charge in [-0.3, -0.25) is 0 Å². The number of halogens is 2. The van der Waals surface area contributed by atoms with Crippen LogP contribution in [0.2, 0.25) is 10.0 Å². The maximum absolute atomic E-state index is 5.72. The lowest BCUT2D eigenvalue weighted by Crippen LogP contribution is -1.96. The highest BCUT2D eigenvalue weighted by atomic mass is 35.5. The standard InChI is InChI=1S/C8H5Cl2NO/c1-2-3-12-8-7(10)4-6(9)5-11-8/h1,4-5H,3H2. The van der Waals surface area contributed by atoms with Crippen LogP contribution >= 0.6 is 23.2 Å². The Morgan fingerprint density at radius 1 is 1.58 bits per heavy atom. The highest BCUT2D eigenvalue weighted by molar-refractivity contribution is 6.35. The number of rotatable bonds is 2. The van der Waals surface area contributed by atoms with Gasteiger partial charge in [-0.2, -0.15) is 0 Å². The van der Waals surface area contributed by atoms with Gasteiger partial charge < -0.3 is 4.74 Å². The lowest BCUT2D eigenvalue weighted by molar-refractivity contribution is 0.356. The summed E-state index contributed by atoms with van der Waals surface area (Å²) in [5, 5.41) is 0.825. The van der Waals surface area contributed by atoms with Crippen molar-refractivity contribution in [2.75, 3.05) is 6.61 Å². The first-order valence-electron chi connectivity index (χ1n) is 3.11. The Hall–Kier alpha value is -0.910. The van der Waals surface area contributed by atoms with Gasteiger partial charge in [0.2, 0.25) is 5.88 Å². The van der Waals surface area contributed by atoms with Crippen molar-refractivity contribution in [3.05, 3.63) is 22.3 Å². The second-order valence-corrected chi connectivity index (χ2v) is 2.78. The molecule has 12 heavy (non-hydrogen) atoms. The largest absolute Gasteiger partial charge is 0.463 e. The van der Waals surface area contributed by atoms with Gasteiger partial charge in [-0.25, -0.2) is 4.98 Å². The molecule has 2 nitrogen and oxygen atoms in total. The van der Waals surface area contributed by atoms with Crippen molar-refractivity contribution in [3.8, 4) is 18.2 Å². The molecule has 0 saturated heterocycles. The van der Waals surface area contributed by atoms with Gasteiger partial charge in [-0.05, 0) is 6.07 Å². The molecule has 0 amide bonds. The fraction of sp³-hybridized carbons (Fsp3) is 0.125. The van der Waals surface area contributed by atoms with E-state index in [2.05, 4.69) is 10.9 Å². The van der Waals surface area contributed by atoms with Crippen LogP contribution in [-0.2, 0) is 0 Å². The van der Waals surface area contributed by atoms with Crippen molar-refractivity contribution >= 4 is 23.2 Å². The first-order valence-corrected chi connectivity index (χ1v) is 3.87. The molecule has 0 unspecified atom stereocenters. The molecule has 0 spiro atoms. The highest BCUT2D eigenvalue weighted by Gasteiger charge is 2.02. The van der Waals surface area contributed by atoms with Crippen LogP contribution in [0.15, 0.2) is 12.3 Å². The quantitative estimate of drug-likeness (QED) is 0.687. The summed E-state index contributed by atoms with van der Waals surface area (Å²) >= 11 is 11.3. The molecular weight excluding hydrogens is 197 g/mol. The Morgan fingerprint density at radius 3 is 2.92 bits per heavy atom. The summed E-state index contributed by atoms with van der Waals surface area (Å²) in [5.74, 6) is 2.61. The lowest BCUT2D eigenvalue weighted by atomic mass is 10.5. The van der Waals surface area contributed by atoms with Crippen LogP contribution in [0, 0.1) is 12.3 Å². The maximum Gasteiger partial charge on any atom is 0.233 e. The van der Waals surface area contributed by atoms with E-state index in [0.717, 1.165) is 0 Å². The summed E-state index contributed by atoms with van der Waals surface area (Å²) in [6.07, 6.45) is 6.43. The SMILES string of the molecule is C#CCOc1ncc(Cl)cc1Cl. The van der Waals surface area contributed by atoms with Crippen LogP contribution in [-0.4, -0.2) is 11.6 Å². The fourth-order valence-corrected chi connectivity index (χ4v) is 1.05. The van der Waals surface area contributed by atoms with Gasteiger partial charge in [0.25, 0.3) is 0 Å². The van der Waals surface area contributed by atoms with Crippen molar-refractivity contribution in [2.45, 2.75) is 0 Å². The zero-order chi connectivity index (χ0) is 8.97. The second kappa shape index (κ2) is 4.20. The molecule has 1 heterocycles. The highest BCUT2D eigenvalue weighted by Crippen LogP contribution is 2.24. The van der Waals surface area contributed by atoms with Gasteiger partial charge >= 0.3 is 0 Å². The van der Waals surface area contributed by atoms with Crippen LogP contribution < -0.4 is 4.74 Å². The summed E-state index contributed by atoms with van der Waals surface area (Å²) in [5.41, 5.74) is 0. The molecule has 0 radical (unpaired) electrons. The Kier molecular flexibility index (Phi) is 3.21. The number of pyridine rings is 1. The summed E-state index contributed by atoms with van der Waals surface area (Å²) in [6.45, 7) is 0.147. The van der Waals surface area contributed by atoms with E-state index in [1.54, 1.807) is 6.07 Å². The van der Waals surface area contributed by atoms with Gasteiger partial charge in [-0.1, -0.05) is 29.1 Å². The number of nitrogens with zero attached hydrogens (tertiary/aromatic N) is 1. The van der Waals surface area contributed by atoms with E-state index in [9.17, 15) is 0 Å². The van der Waals surface area contributed by atoms with E-state index in [-0.39, 0.29) is 6.61 Å². The number of aromatic nitrogens is 1. The van der Waals surface area contributed by atoms with Gasteiger partial charge in [0.15, 0.2) is 6.61 Å². The zero-order valence-electron chi connectivity index (χ0n) is 6.05. The van der Waals surface area contributed by atoms with Crippen LogP contribution in [0.25, 0.3) is 0 Å². The minimum atomic E-state index is 0.147. The van der Waals surface area contributed by atoms with Crippen LogP contribution in [0.3, 0.4) is 0 Å². The summed E-state index contributed by atoms with van der Waals surface area (Å²) in [4.78, 5) is 3.83. The van der Waals surface area contributed by atoms with Crippen LogP contribution in [0.5, 0.6) is 5.88 Å². The van der Waals surface area contributed by atoms with Crippen molar-refractivity contribution < 1.29 is 4.74 Å². The average molecular weight is 202 g/mol. The number of terminal acetylenes is 1. The third kappa shape index (κ3) is 2.30. The topological polar surface area (TPSA) is 22.1 Å². The minimum Gasteiger partial charge on any atom is -0.463 e. The predicted octanol–water partition coefficient (Wildman–Crippen LogP) is 2.40. The molecular formula is C8H5Cl2NO.